The number of hydrogen-bond acceptors (Lipinski definition) is 5. The van der Waals surface area contributed by atoms with Crippen molar-refractivity contribution in [2.24, 2.45) is 0 Å². The van der Waals surface area contributed by atoms with Crippen LogP contribution in [0.2, 0.25) is 0 Å². The number of pyridine rings is 1. The molecule has 8 heteroatoms. The Morgan fingerprint density at radius 3 is 2.57 bits per heavy atom. The SMILES string of the molecule is Cc1cnc2c(S(=O)(=O)N3CCN(C(=O)/C=C/c4ccc(C)s4)CC3)cccc2c1. The van der Waals surface area contributed by atoms with E-state index in [0.29, 0.717) is 18.6 Å². The molecule has 1 aromatic carbocycles. The number of carbonyl (C=O) groups excluding carboxylic acids is 1. The molecule has 1 aliphatic heterocycles. The van der Waals surface area contributed by atoms with Gasteiger partial charge in [0.1, 0.15) is 4.90 Å². The average molecular weight is 442 g/mol. The highest BCUT2D eigenvalue weighted by Gasteiger charge is 2.31. The van der Waals surface area contributed by atoms with Crippen LogP contribution in [0.5, 0.6) is 0 Å². The predicted molar refractivity (Wildman–Crippen MR) is 120 cm³/mol. The van der Waals surface area contributed by atoms with Crippen LogP contribution in [0.3, 0.4) is 0 Å². The first-order chi connectivity index (χ1) is 14.3. The maximum atomic E-state index is 13.2. The van der Waals surface area contributed by atoms with Crippen LogP contribution in [0, 0.1) is 13.8 Å². The number of aryl methyl sites for hydroxylation is 2. The molecular weight excluding hydrogens is 418 g/mol. The molecule has 1 amide bonds. The van der Waals surface area contributed by atoms with E-state index in [-0.39, 0.29) is 23.9 Å². The van der Waals surface area contributed by atoms with Crippen molar-refractivity contribution in [3.8, 4) is 0 Å². The fourth-order valence-electron chi connectivity index (χ4n) is 3.54. The fraction of sp³-hybridized carbons (Fsp3) is 0.273. The molecule has 0 N–H and O–H groups in total. The zero-order chi connectivity index (χ0) is 21.3. The lowest BCUT2D eigenvalue weighted by Gasteiger charge is -2.33. The minimum Gasteiger partial charge on any atom is -0.337 e. The summed E-state index contributed by atoms with van der Waals surface area (Å²) >= 11 is 1.63. The third kappa shape index (κ3) is 4.16. The number of hydrogen-bond donors (Lipinski definition) is 0. The highest BCUT2D eigenvalue weighted by Crippen LogP contribution is 2.25. The molecule has 0 bridgehead atoms. The topological polar surface area (TPSA) is 70.6 Å². The van der Waals surface area contributed by atoms with Crippen LogP contribution in [-0.2, 0) is 14.8 Å². The third-order valence-electron chi connectivity index (χ3n) is 5.13. The number of sulfonamides is 1. The Kier molecular flexibility index (Phi) is 5.73. The van der Waals surface area contributed by atoms with Gasteiger partial charge in [-0.2, -0.15) is 4.31 Å². The lowest BCUT2D eigenvalue weighted by molar-refractivity contribution is -0.127. The van der Waals surface area contributed by atoms with Crippen LogP contribution in [0.4, 0.5) is 0 Å². The summed E-state index contributed by atoms with van der Waals surface area (Å²) in [6.45, 7) is 5.21. The first-order valence-corrected chi connectivity index (χ1v) is 12.0. The van der Waals surface area contributed by atoms with E-state index in [2.05, 4.69) is 4.98 Å². The van der Waals surface area contributed by atoms with Crippen molar-refractivity contribution in [2.75, 3.05) is 26.2 Å². The van der Waals surface area contributed by atoms with Crippen molar-refractivity contribution in [1.82, 2.24) is 14.2 Å². The molecule has 156 valence electrons. The Bertz CT molecular complexity index is 1220. The number of nitrogens with zero attached hydrogens (tertiary/aromatic N) is 3. The van der Waals surface area contributed by atoms with Crippen LogP contribution in [0.15, 0.2) is 53.6 Å². The molecule has 0 radical (unpaired) electrons. The van der Waals surface area contributed by atoms with Crippen LogP contribution in [0.25, 0.3) is 17.0 Å². The fourth-order valence-corrected chi connectivity index (χ4v) is 5.91. The molecule has 0 aliphatic carbocycles. The maximum Gasteiger partial charge on any atom is 0.246 e. The molecule has 1 aliphatic rings. The third-order valence-corrected chi connectivity index (χ3v) is 8.03. The molecular formula is C22H23N3O3S2. The monoisotopic (exact) mass is 441 g/mol. The Hall–Kier alpha value is -2.55. The number of thiophene rings is 1. The van der Waals surface area contributed by atoms with Gasteiger partial charge in [-0.15, -0.1) is 11.3 Å². The molecule has 30 heavy (non-hydrogen) atoms. The van der Waals surface area contributed by atoms with Gasteiger partial charge >= 0.3 is 0 Å². The standard InChI is InChI=1S/C22H23N3O3S2/c1-16-14-18-4-3-5-20(22(18)23-15-16)30(27,28)25-12-10-24(11-13-25)21(26)9-8-19-7-6-17(2)29-19/h3-9,14-15H,10-13H2,1-2H3/b9-8+. The van der Waals surface area contributed by atoms with Gasteiger partial charge in [0, 0.05) is 53.6 Å². The maximum absolute atomic E-state index is 13.2. The molecule has 3 aromatic rings. The molecule has 0 saturated carbocycles. The van der Waals surface area contributed by atoms with E-state index < -0.39 is 10.0 Å². The molecule has 4 rings (SSSR count). The number of carbonyl (C=O) groups is 1. The van der Waals surface area contributed by atoms with Gasteiger partial charge in [-0.1, -0.05) is 12.1 Å². The first-order valence-electron chi connectivity index (χ1n) is 9.73. The minimum atomic E-state index is -3.69. The van der Waals surface area contributed by atoms with Gasteiger partial charge < -0.3 is 4.90 Å². The van der Waals surface area contributed by atoms with Gasteiger partial charge in [0.05, 0.1) is 5.52 Å². The molecule has 0 unspecified atom stereocenters. The molecule has 0 atom stereocenters. The van der Waals surface area contributed by atoms with Crippen molar-refractivity contribution in [3.63, 3.8) is 0 Å². The van der Waals surface area contributed by atoms with E-state index in [9.17, 15) is 13.2 Å². The Balaban J connectivity index is 1.47. The van der Waals surface area contributed by atoms with Gasteiger partial charge in [-0.05, 0) is 49.8 Å². The molecule has 1 fully saturated rings. The summed E-state index contributed by atoms with van der Waals surface area (Å²) in [5.74, 6) is -0.0968. The van der Waals surface area contributed by atoms with Gasteiger partial charge in [-0.3, -0.25) is 9.78 Å². The van der Waals surface area contributed by atoms with Crippen LogP contribution >= 0.6 is 11.3 Å². The number of para-hydroxylation sites is 1. The first kappa shape index (κ1) is 20.7. The smallest absolute Gasteiger partial charge is 0.246 e. The van der Waals surface area contributed by atoms with Gasteiger partial charge in [0.25, 0.3) is 0 Å². The number of fused-ring (bicyclic) bond motifs is 1. The predicted octanol–water partition coefficient (Wildman–Crippen LogP) is 3.46. The summed E-state index contributed by atoms with van der Waals surface area (Å²) in [5.41, 5.74) is 1.46. The lowest BCUT2D eigenvalue weighted by Crippen LogP contribution is -2.50. The molecule has 0 spiro atoms. The number of rotatable bonds is 4. The van der Waals surface area contributed by atoms with Gasteiger partial charge in [0.15, 0.2) is 0 Å². The van der Waals surface area contributed by atoms with E-state index in [4.69, 9.17) is 0 Å². The number of aromatic nitrogens is 1. The second-order valence-electron chi connectivity index (χ2n) is 7.35. The van der Waals surface area contributed by atoms with E-state index in [1.165, 1.54) is 9.18 Å². The Morgan fingerprint density at radius 2 is 1.87 bits per heavy atom. The second kappa shape index (κ2) is 8.29. The number of benzene rings is 1. The largest absolute Gasteiger partial charge is 0.337 e. The van der Waals surface area contributed by atoms with Crippen LogP contribution in [-0.4, -0.2) is 54.7 Å². The Labute approximate surface area is 180 Å². The summed E-state index contributed by atoms with van der Waals surface area (Å²) in [7, 11) is -3.69. The molecule has 1 saturated heterocycles. The van der Waals surface area contributed by atoms with E-state index in [0.717, 1.165) is 15.8 Å². The van der Waals surface area contributed by atoms with Crippen molar-refractivity contribution in [3.05, 3.63) is 64.0 Å². The van der Waals surface area contributed by atoms with E-state index in [1.807, 2.05) is 44.2 Å². The van der Waals surface area contributed by atoms with Crippen LogP contribution in [0.1, 0.15) is 15.3 Å². The van der Waals surface area contributed by atoms with E-state index >= 15 is 0 Å². The quantitative estimate of drug-likeness (QED) is 0.582. The summed E-state index contributed by atoms with van der Waals surface area (Å²) < 4.78 is 27.9. The average Bonchev–Trinajstić information content (AvgIpc) is 3.16. The van der Waals surface area contributed by atoms with Crippen molar-refractivity contribution >= 4 is 44.2 Å². The van der Waals surface area contributed by atoms with Crippen molar-refractivity contribution in [2.45, 2.75) is 18.7 Å². The Morgan fingerprint density at radius 1 is 1.10 bits per heavy atom. The number of amides is 1. The van der Waals surface area contributed by atoms with Crippen LogP contribution < -0.4 is 0 Å². The van der Waals surface area contributed by atoms with Crippen molar-refractivity contribution < 1.29 is 13.2 Å². The molecule has 6 nitrogen and oxygen atoms in total. The zero-order valence-electron chi connectivity index (χ0n) is 16.9. The summed E-state index contributed by atoms with van der Waals surface area (Å²) in [6, 6.07) is 11.1. The van der Waals surface area contributed by atoms with Gasteiger partial charge in [-0.25, -0.2) is 8.42 Å². The van der Waals surface area contributed by atoms with Gasteiger partial charge in [0.2, 0.25) is 15.9 Å². The van der Waals surface area contributed by atoms with E-state index in [1.54, 1.807) is 40.6 Å². The highest BCUT2D eigenvalue weighted by atomic mass is 32.2. The van der Waals surface area contributed by atoms with Crippen molar-refractivity contribution in [1.29, 1.82) is 0 Å². The second-order valence-corrected chi connectivity index (χ2v) is 10.6. The zero-order valence-corrected chi connectivity index (χ0v) is 18.5. The summed E-state index contributed by atoms with van der Waals surface area (Å²) in [5, 5.41) is 0.804. The lowest BCUT2D eigenvalue weighted by atomic mass is 10.2. The molecule has 3 heterocycles. The summed E-state index contributed by atoms with van der Waals surface area (Å²) in [4.78, 5) is 21.0. The normalized spacial score (nSPS) is 15.9. The highest BCUT2D eigenvalue weighted by molar-refractivity contribution is 7.89. The number of piperazine rings is 1. The summed E-state index contributed by atoms with van der Waals surface area (Å²) in [6.07, 6.45) is 5.05. The molecule has 2 aromatic heterocycles. The minimum absolute atomic E-state index is 0.0968.